The molecule has 0 bridgehead atoms. The minimum Gasteiger partial charge on any atom is -0.440 e. The number of carbonyl (C=O) groups is 1. The van der Waals surface area contributed by atoms with E-state index >= 15 is 0 Å². The van der Waals surface area contributed by atoms with Crippen LogP contribution in [0.4, 0.5) is 4.79 Å². The first-order chi connectivity index (χ1) is 9.67. The molecular weight excluding hydrogens is 250 g/mol. The Balaban J connectivity index is 1.91. The van der Waals surface area contributed by atoms with Crippen LogP contribution in [0, 0.1) is 0 Å². The van der Waals surface area contributed by atoms with Crippen molar-refractivity contribution in [1.29, 1.82) is 0 Å². The molecule has 106 valence electrons. The van der Waals surface area contributed by atoms with E-state index in [-0.39, 0.29) is 17.2 Å². The lowest BCUT2D eigenvalue weighted by Crippen LogP contribution is -2.57. The van der Waals surface area contributed by atoms with Crippen molar-refractivity contribution in [3.8, 4) is 0 Å². The Morgan fingerprint density at radius 2 is 1.90 bits per heavy atom. The topological polar surface area (TPSA) is 29.5 Å². The van der Waals surface area contributed by atoms with Gasteiger partial charge in [0.2, 0.25) is 0 Å². The van der Waals surface area contributed by atoms with Gasteiger partial charge in [-0.25, -0.2) is 4.79 Å². The number of carbonyl (C=O) groups excluding carboxylic acids is 1. The summed E-state index contributed by atoms with van der Waals surface area (Å²) in [6.45, 7) is 3.01. The lowest BCUT2D eigenvalue weighted by atomic mass is 9.66. The van der Waals surface area contributed by atoms with Crippen LogP contribution in [-0.2, 0) is 16.7 Å². The highest BCUT2D eigenvalue weighted by Gasteiger charge is 2.64. The van der Waals surface area contributed by atoms with Gasteiger partial charge in [-0.15, -0.1) is 0 Å². The smallest absolute Gasteiger partial charge is 0.411 e. The summed E-state index contributed by atoms with van der Waals surface area (Å²) in [4.78, 5) is 14.4. The van der Waals surface area contributed by atoms with E-state index in [4.69, 9.17) is 4.74 Å². The Morgan fingerprint density at radius 1 is 1.15 bits per heavy atom. The summed E-state index contributed by atoms with van der Waals surface area (Å²) < 4.78 is 5.98. The third-order valence-electron chi connectivity index (χ3n) is 5.74. The van der Waals surface area contributed by atoms with Gasteiger partial charge in [0.15, 0.2) is 0 Å². The number of fused-ring (bicyclic) bond motifs is 4. The average molecular weight is 271 g/mol. The van der Waals surface area contributed by atoms with Gasteiger partial charge in [-0.2, -0.15) is 0 Å². The Labute approximate surface area is 119 Å². The van der Waals surface area contributed by atoms with Gasteiger partial charge >= 0.3 is 6.09 Å². The lowest BCUT2D eigenvalue weighted by molar-refractivity contribution is -0.0436. The van der Waals surface area contributed by atoms with Gasteiger partial charge in [0.25, 0.3) is 0 Å². The zero-order chi connectivity index (χ0) is 13.8. The van der Waals surface area contributed by atoms with Gasteiger partial charge in [0.05, 0.1) is 0 Å². The fraction of sp³-hybridized carbons (Fsp3) is 0.588. The summed E-state index contributed by atoms with van der Waals surface area (Å²) in [5, 5.41) is 0. The quantitative estimate of drug-likeness (QED) is 0.721. The second kappa shape index (κ2) is 4.00. The molecular formula is C17H21NO2. The van der Waals surface area contributed by atoms with Crippen molar-refractivity contribution in [2.45, 2.75) is 56.6 Å². The molecule has 2 heterocycles. The first-order valence-corrected chi connectivity index (χ1v) is 7.76. The molecule has 2 aliphatic heterocycles. The number of rotatable bonds is 0. The van der Waals surface area contributed by atoms with Crippen LogP contribution in [0.5, 0.6) is 0 Å². The van der Waals surface area contributed by atoms with E-state index in [0.29, 0.717) is 0 Å². The molecule has 1 aromatic rings. The Kier molecular flexibility index (Phi) is 2.45. The number of hydrogen-bond acceptors (Lipinski definition) is 2. The number of ether oxygens (including phenoxy) is 1. The number of nitrogens with zero attached hydrogens (tertiary/aromatic N) is 1. The molecule has 0 unspecified atom stereocenters. The van der Waals surface area contributed by atoms with E-state index in [2.05, 4.69) is 31.2 Å². The number of benzene rings is 1. The molecule has 1 saturated carbocycles. The molecule has 1 amide bonds. The van der Waals surface area contributed by atoms with Crippen molar-refractivity contribution in [1.82, 2.24) is 4.90 Å². The van der Waals surface area contributed by atoms with Crippen molar-refractivity contribution < 1.29 is 9.53 Å². The molecule has 3 heteroatoms. The predicted octanol–water partition coefficient (Wildman–Crippen LogP) is 3.61. The zero-order valence-corrected chi connectivity index (χ0v) is 12.0. The van der Waals surface area contributed by atoms with Crippen LogP contribution in [-0.4, -0.2) is 23.1 Å². The van der Waals surface area contributed by atoms with E-state index in [1.165, 1.54) is 30.4 Å². The van der Waals surface area contributed by atoms with E-state index in [9.17, 15) is 4.79 Å². The molecule has 2 fully saturated rings. The van der Waals surface area contributed by atoms with Crippen LogP contribution in [0.15, 0.2) is 24.3 Å². The fourth-order valence-corrected chi connectivity index (χ4v) is 4.61. The third-order valence-corrected chi connectivity index (χ3v) is 5.74. The summed E-state index contributed by atoms with van der Waals surface area (Å²) in [7, 11) is 0. The van der Waals surface area contributed by atoms with Crippen molar-refractivity contribution in [3.63, 3.8) is 0 Å². The van der Waals surface area contributed by atoms with Gasteiger partial charge in [0.1, 0.15) is 11.1 Å². The summed E-state index contributed by atoms with van der Waals surface area (Å²) in [6.07, 6.45) is 6.43. The van der Waals surface area contributed by atoms with Crippen LogP contribution in [0.25, 0.3) is 0 Å². The molecule has 1 atom stereocenters. The van der Waals surface area contributed by atoms with Crippen molar-refractivity contribution >= 4 is 6.09 Å². The highest BCUT2D eigenvalue weighted by Crippen LogP contribution is 2.55. The van der Waals surface area contributed by atoms with Crippen LogP contribution < -0.4 is 0 Å². The van der Waals surface area contributed by atoms with E-state index in [0.717, 1.165) is 25.8 Å². The van der Waals surface area contributed by atoms with Gasteiger partial charge in [-0.1, -0.05) is 30.7 Å². The average Bonchev–Trinajstić information content (AvgIpc) is 2.68. The molecule has 1 spiro atoms. The first-order valence-electron chi connectivity index (χ1n) is 7.76. The molecule has 1 saturated heterocycles. The number of amides is 1. The first kappa shape index (κ1) is 12.2. The zero-order valence-electron chi connectivity index (χ0n) is 12.0. The van der Waals surface area contributed by atoms with Crippen LogP contribution in [0.1, 0.15) is 50.2 Å². The van der Waals surface area contributed by atoms with Gasteiger partial charge in [0, 0.05) is 6.54 Å². The third kappa shape index (κ3) is 1.33. The predicted molar refractivity (Wildman–Crippen MR) is 76.5 cm³/mol. The molecule has 3 nitrogen and oxygen atoms in total. The largest absolute Gasteiger partial charge is 0.440 e. The van der Waals surface area contributed by atoms with Crippen molar-refractivity contribution in [2.75, 3.05) is 6.54 Å². The van der Waals surface area contributed by atoms with Gasteiger partial charge < -0.3 is 4.74 Å². The molecule has 3 aliphatic rings. The normalized spacial score (nSPS) is 30.9. The highest BCUT2D eigenvalue weighted by atomic mass is 16.6. The summed E-state index contributed by atoms with van der Waals surface area (Å²) >= 11 is 0. The molecule has 1 aromatic carbocycles. The van der Waals surface area contributed by atoms with E-state index < -0.39 is 0 Å². The van der Waals surface area contributed by atoms with Crippen LogP contribution in [0.3, 0.4) is 0 Å². The maximum Gasteiger partial charge on any atom is 0.411 e. The van der Waals surface area contributed by atoms with Gasteiger partial charge in [-0.05, 0) is 50.2 Å². The lowest BCUT2D eigenvalue weighted by Gasteiger charge is -2.49. The molecule has 4 rings (SSSR count). The number of hydrogen-bond donors (Lipinski definition) is 0. The van der Waals surface area contributed by atoms with Crippen molar-refractivity contribution in [2.24, 2.45) is 0 Å². The van der Waals surface area contributed by atoms with Gasteiger partial charge in [-0.3, -0.25) is 4.90 Å². The molecule has 0 aromatic heterocycles. The monoisotopic (exact) mass is 271 g/mol. The summed E-state index contributed by atoms with van der Waals surface area (Å²) in [6, 6.07) is 8.59. The summed E-state index contributed by atoms with van der Waals surface area (Å²) in [5.41, 5.74) is 2.10. The Bertz CT molecular complexity index is 562. The van der Waals surface area contributed by atoms with Crippen molar-refractivity contribution in [3.05, 3.63) is 35.4 Å². The van der Waals surface area contributed by atoms with Crippen LogP contribution in [0.2, 0.25) is 0 Å². The molecule has 1 aliphatic carbocycles. The Morgan fingerprint density at radius 3 is 2.70 bits per heavy atom. The molecule has 0 N–H and O–H groups in total. The second-order valence-electron chi connectivity index (χ2n) is 6.55. The van der Waals surface area contributed by atoms with E-state index in [1.807, 2.05) is 4.90 Å². The minimum atomic E-state index is -0.307. The summed E-state index contributed by atoms with van der Waals surface area (Å²) in [5.74, 6) is 0. The standard InChI is InChI=1S/C17H21NO2/c1-16-14-8-4-3-7-13(14)9-12-18(16)15(19)20-17(16)10-5-2-6-11-17/h3-4,7-8H,2,5-6,9-12H2,1H3/t16-/m1/s1. The fourth-order valence-electron chi connectivity index (χ4n) is 4.61. The van der Waals surface area contributed by atoms with E-state index in [1.54, 1.807) is 0 Å². The minimum absolute atomic E-state index is 0.107. The maximum atomic E-state index is 12.4. The SMILES string of the molecule is C[C@]12c3ccccc3CCN1C(=O)OC21CCCCC1. The van der Waals surface area contributed by atoms with Crippen LogP contribution >= 0.6 is 0 Å². The maximum absolute atomic E-state index is 12.4. The molecule has 0 radical (unpaired) electrons. The second-order valence-corrected chi connectivity index (χ2v) is 6.55. The Hall–Kier alpha value is -1.51. The molecule has 20 heavy (non-hydrogen) atoms. The highest BCUT2D eigenvalue weighted by molar-refractivity contribution is 5.74.